The maximum Gasteiger partial charge on any atom is 0.282 e. The van der Waals surface area contributed by atoms with Gasteiger partial charge in [-0.05, 0) is 62.2 Å². The third kappa shape index (κ3) is 4.54. The Kier molecular flexibility index (Phi) is 6.97. The number of hydrogen-bond acceptors (Lipinski definition) is 8. The highest BCUT2D eigenvalue weighted by atomic mass is 16.5. The van der Waals surface area contributed by atoms with Gasteiger partial charge < -0.3 is 30.2 Å². The average molecular weight is 464 g/mol. The number of hydrogen-bond donors (Lipinski definition) is 3. The molecule has 178 valence electrons. The SMILES string of the molecule is CCN([O-])c1ccc(NCCCO)cc1-n1nc(-c2cc(C)cc(CO)c2)c2occc2c1=O. The van der Waals surface area contributed by atoms with Crippen LogP contribution in [0.5, 0.6) is 0 Å². The second-order valence-electron chi connectivity index (χ2n) is 8.00. The van der Waals surface area contributed by atoms with Crippen molar-refractivity contribution in [3.63, 3.8) is 0 Å². The first-order valence-corrected chi connectivity index (χ1v) is 11.1. The van der Waals surface area contributed by atoms with E-state index in [0.717, 1.165) is 10.6 Å². The summed E-state index contributed by atoms with van der Waals surface area (Å²) in [6.45, 7) is 4.28. The van der Waals surface area contributed by atoms with Crippen LogP contribution in [0.1, 0.15) is 24.5 Å². The maximum atomic E-state index is 13.4. The van der Waals surface area contributed by atoms with Crippen molar-refractivity contribution in [3.05, 3.63) is 75.4 Å². The minimum Gasteiger partial charge on any atom is -0.758 e. The fourth-order valence-electron chi connectivity index (χ4n) is 3.90. The molecule has 0 radical (unpaired) electrons. The largest absolute Gasteiger partial charge is 0.758 e. The quantitative estimate of drug-likeness (QED) is 0.254. The number of nitrogens with zero attached hydrogens (tertiary/aromatic N) is 3. The highest BCUT2D eigenvalue weighted by molar-refractivity contribution is 5.90. The molecule has 2 aromatic heterocycles. The van der Waals surface area contributed by atoms with Crippen molar-refractivity contribution >= 4 is 22.3 Å². The van der Waals surface area contributed by atoms with Crippen LogP contribution < -0.4 is 15.9 Å². The van der Waals surface area contributed by atoms with Crippen LogP contribution in [-0.4, -0.2) is 39.7 Å². The minimum absolute atomic E-state index is 0.0516. The van der Waals surface area contributed by atoms with Gasteiger partial charge in [-0.25, -0.2) is 0 Å². The van der Waals surface area contributed by atoms with Crippen LogP contribution in [0.15, 0.2) is 57.9 Å². The fraction of sp³-hybridized carbons (Fsp3) is 0.280. The number of hydroxylamine groups is 1. The third-order valence-corrected chi connectivity index (χ3v) is 5.52. The van der Waals surface area contributed by atoms with Gasteiger partial charge in [0, 0.05) is 30.9 Å². The smallest absolute Gasteiger partial charge is 0.282 e. The molecule has 0 amide bonds. The van der Waals surface area contributed by atoms with E-state index in [0.29, 0.717) is 57.8 Å². The summed E-state index contributed by atoms with van der Waals surface area (Å²) in [5, 5.41) is 40.4. The highest BCUT2D eigenvalue weighted by Crippen LogP contribution is 2.31. The van der Waals surface area contributed by atoms with Crippen molar-refractivity contribution in [2.75, 3.05) is 30.1 Å². The van der Waals surface area contributed by atoms with E-state index in [1.807, 2.05) is 19.1 Å². The number of rotatable bonds is 9. The lowest BCUT2D eigenvalue weighted by Crippen LogP contribution is -2.25. The molecule has 34 heavy (non-hydrogen) atoms. The highest BCUT2D eigenvalue weighted by Gasteiger charge is 2.19. The van der Waals surface area contributed by atoms with Gasteiger partial charge in [-0.1, -0.05) is 11.6 Å². The Morgan fingerprint density at radius 3 is 2.74 bits per heavy atom. The molecular formula is C25H27N4O5-. The van der Waals surface area contributed by atoms with Crippen molar-refractivity contribution in [1.29, 1.82) is 0 Å². The second-order valence-corrected chi connectivity index (χ2v) is 8.00. The molecule has 2 heterocycles. The molecule has 0 saturated carbocycles. The van der Waals surface area contributed by atoms with Crippen LogP contribution in [0.4, 0.5) is 11.4 Å². The fourth-order valence-corrected chi connectivity index (χ4v) is 3.90. The molecule has 9 nitrogen and oxygen atoms in total. The van der Waals surface area contributed by atoms with E-state index in [4.69, 9.17) is 9.52 Å². The third-order valence-electron chi connectivity index (χ3n) is 5.52. The van der Waals surface area contributed by atoms with Gasteiger partial charge in [0.2, 0.25) is 0 Å². The van der Waals surface area contributed by atoms with E-state index in [2.05, 4.69) is 10.4 Å². The van der Waals surface area contributed by atoms with Crippen LogP contribution in [0.25, 0.3) is 27.9 Å². The van der Waals surface area contributed by atoms with E-state index in [9.17, 15) is 15.1 Å². The topological polar surface area (TPSA) is 127 Å². The van der Waals surface area contributed by atoms with E-state index in [1.165, 1.54) is 10.9 Å². The summed E-state index contributed by atoms with van der Waals surface area (Å²) in [4.78, 5) is 13.4. The summed E-state index contributed by atoms with van der Waals surface area (Å²) in [7, 11) is 0. The van der Waals surface area contributed by atoms with Gasteiger partial charge in [0.05, 0.1) is 29.6 Å². The standard InChI is InChI=1S/C25H27N4O5/c1-3-28(33)21-6-5-19(26-8-4-9-30)14-22(21)29-25(32)20-7-10-34-24(20)23(27-29)18-12-16(2)11-17(13-18)15-31/h5-7,10-14,26,30-31H,3-4,8-9,15H2,1-2H3/q-1. The molecule has 4 rings (SSSR count). The lowest BCUT2D eigenvalue weighted by Gasteiger charge is -2.31. The summed E-state index contributed by atoms with van der Waals surface area (Å²) in [5.41, 5.74) is 3.99. The molecule has 0 spiro atoms. The number of aliphatic hydroxyl groups excluding tert-OH is 2. The normalized spacial score (nSPS) is 11.2. The molecule has 0 aliphatic heterocycles. The van der Waals surface area contributed by atoms with Crippen molar-refractivity contribution in [1.82, 2.24) is 9.78 Å². The first-order chi connectivity index (χ1) is 16.5. The Morgan fingerprint density at radius 2 is 2.00 bits per heavy atom. The molecule has 0 bridgehead atoms. The summed E-state index contributed by atoms with van der Waals surface area (Å²) in [6, 6.07) is 12.3. The lowest BCUT2D eigenvalue weighted by molar-refractivity contribution is 0.282. The van der Waals surface area contributed by atoms with Crippen molar-refractivity contribution in [2.24, 2.45) is 0 Å². The van der Waals surface area contributed by atoms with Crippen LogP contribution in [0.2, 0.25) is 0 Å². The number of nitrogens with one attached hydrogen (secondary N) is 1. The number of aliphatic hydroxyl groups is 2. The Morgan fingerprint density at radius 1 is 1.18 bits per heavy atom. The monoisotopic (exact) mass is 463 g/mol. The average Bonchev–Trinajstić information content (AvgIpc) is 3.34. The number of furan rings is 1. The molecule has 0 aliphatic rings. The van der Waals surface area contributed by atoms with E-state index in [1.54, 1.807) is 37.3 Å². The predicted octanol–water partition coefficient (Wildman–Crippen LogP) is 3.56. The summed E-state index contributed by atoms with van der Waals surface area (Å²) in [5.74, 6) is 0. The maximum absolute atomic E-state index is 13.4. The Hall–Kier alpha value is -3.66. The molecule has 9 heteroatoms. The van der Waals surface area contributed by atoms with Crippen LogP contribution >= 0.6 is 0 Å². The first-order valence-electron chi connectivity index (χ1n) is 11.1. The van der Waals surface area contributed by atoms with Gasteiger partial charge in [-0.15, -0.1) is 0 Å². The molecule has 0 aliphatic carbocycles. The van der Waals surface area contributed by atoms with Gasteiger partial charge in [-0.3, -0.25) is 4.79 Å². The first kappa shape index (κ1) is 23.5. The number of benzene rings is 2. The van der Waals surface area contributed by atoms with E-state index in [-0.39, 0.29) is 19.8 Å². The Labute approximate surface area is 196 Å². The molecule has 3 N–H and O–H groups in total. The van der Waals surface area contributed by atoms with Crippen molar-refractivity contribution in [3.8, 4) is 16.9 Å². The minimum atomic E-state index is -0.416. The summed E-state index contributed by atoms with van der Waals surface area (Å²) < 4.78 is 6.85. The molecular weight excluding hydrogens is 436 g/mol. The Bertz CT molecular complexity index is 1360. The summed E-state index contributed by atoms with van der Waals surface area (Å²) in [6.07, 6.45) is 1.99. The van der Waals surface area contributed by atoms with Gasteiger partial charge in [0.15, 0.2) is 5.58 Å². The molecule has 0 atom stereocenters. The molecule has 2 aromatic carbocycles. The molecule has 4 aromatic rings. The van der Waals surface area contributed by atoms with Crippen molar-refractivity contribution < 1.29 is 14.6 Å². The lowest BCUT2D eigenvalue weighted by atomic mass is 10.0. The number of anilines is 2. The number of fused-ring (bicyclic) bond motifs is 1. The zero-order chi connectivity index (χ0) is 24.2. The molecule has 0 fully saturated rings. The van der Waals surface area contributed by atoms with Gasteiger partial charge in [-0.2, -0.15) is 9.78 Å². The van der Waals surface area contributed by atoms with Crippen LogP contribution in [0, 0.1) is 12.1 Å². The van der Waals surface area contributed by atoms with E-state index < -0.39 is 5.56 Å². The number of aromatic nitrogens is 2. The van der Waals surface area contributed by atoms with Crippen LogP contribution in [-0.2, 0) is 6.61 Å². The zero-order valence-corrected chi connectivity index (χ0v) is 19.1. The summed E-state index contributed by atoms with van der Waals surface area (Å²) >= 11 is 0. The van der Waals surface area contributed by atoms with Crippen molar-refractivity contribution in [2.45, 2.75) is 26.9 Å². The molecule has 0 unspecified atom stereocenters. The molecule has 0 saturated heterocycles. The second kappa shape index (κ2) is 10.1. The van der Waals surface area contributed by atoms with Crippen LogP contribution in [0.3, 0.4) is 0 Å². The number of aryl methyl sites for hydroxylation is 1. The Balaban J connectivity index is 1.96. The van der Waals surface area contributed by atoms with Gasteiger partial charge in [0.1, 0.15) is 5.69 Å². The zero-order valence-electron chi connectivity index (χ0n) is 19.1. The van der Waals surface area contributed by atoms with Gasteiger partial charge >= 0.3 is 0 Å². The van der Waals surface area contributed by atoms with E-state index >= 15 is 0 Å². The van der Waals surface area contributed by atoms with Gasteiger partial charge in [0.25, 0.3) is 5.56 Å². The predicted molar refractivity (Wildman–Crippen MR) is 132 cm³/mol.